The molecule has 0 saturated heterocycles. The highest BCUT2D eigenvalue weighted by Gasteiger charge is 2.35. The number of benzene rings is 1. The molecular weight excluding hydrogens is 272 g/mol. The number of rotatable bonds is 4. The van der Waals surface area contributed by atoms with Crippen LogP contribution in [0.25, 0.3) is 0 Å². The van der Waals surface area contributed by atoms with Gasteiger partial charge >= 0.3 is 0 Å². The summed E-state index contributed by atoms with van der Waals surface area (Å²) < 4.78 is 50.7. The highest BCUT2D eigenvalue weighted by atomic mass is 32.2. The molecule has 1 aromatic rings. The molecule has 0 aliphatic heterocycles. The van der Waals surface area contributed by atoms with Crippen molar-refractivity contribution in [2.75, 3.05) is 6.54 Å². The van der Waals surface area contributed by atoms with Crippen LogP contribution in [0.2, 0.25) is 0 Å². The minimum Gasteiger partial charge on any atom is -0.314 e. The van der Waals surface area contributed by atoms with Crippen molar-refractivity contribution in [2.45, 2.75) is 42.4 Å². The zero-order valence-corrected chi connectivity index (χ0v) is 11.5. The van der Waals surface area contributed by atoms with Crippen molar-refractivity contribution in [3.8, 4) is 0 Å². The van der Waals surface area contributed by atoms with Crippen LogP contribution in [0.1, 0.15) is 26.2 Å². The number of hydrogen-bond acceptors (Lipinski definition) is 3. The van der Waals surface area contributed by atoms with Gasteiger partial charge < -0.3 is 5.32 Å². The first-order valence-corrected chi connectivity index (χ1v) is 7.92. The average molecular weight is 289 g/mol. The fraction of sp³-hybridized carbons (Fsp3) is 0.538. The molecule has 2 rings (SSSR count). The molecule has 2 unspecified atom stereocenters. The first kappa shape index (κ1) is 14.4. The van der Waals surface area contributed by atoms with Gasteiger partial charge in [0.2, 0.25) is 0 Å². The molecule has 2 atom stereocenters. The fourth-order valence-corrected chi connectivity index (χ4v) is 4.38. The van der Waals surface area contributed by atoms with Crippen LogP contribution >= 0.6 is 0 Å². The van der Waals surface area contributed by atoms with E-state index >= 15 is 0 Å². The molecule has 6 heteroatoms. The molecule has 1 saturated carbocycles. The maximum atomic E-state index is 13.1. The zero-order valence-electron chi connectivity index (χ0n) is 10.7. The Labute approximate surface area is 111 Å². The number of nitrogens with one attached hydrogen (secondary N) is 1. The van der Waals surface area contributed by atoms with Gasteiger partial charge in [-0.05, 0) is 44.0 Å². The predicted molar refractivity (Wildman–Crippen MR) is 68.6 cm³/mol. The van der Waals surface area contributed by atoms with Gasteiger partial charge in [0.05, 0.1) is 10.1 Å². The van der Waals surface area contributed by atoms with Crippen LogP contribution in [0.4, 0.5) is 8.78 Å². The van der Waals surface area contributed by atoms with Gasteiger partial charge in [0.15, 0.2) is 21.5 Å². The summed E-state index contributed by atoms with van der Waals surface area (Å²) >= 11 is 0. The Morgan fingerprint density at radius 3 is 2.63 bits per heavy atom. The quantitative estimate of drug-likeness (QED) is 0.865. The van der Waals surface area contributed by atoms with Crippen molar-refractivity contribution in [3.05, 3.63) is 29.8 Å². The van der Waals surface area contributed by atoms with Crippen LogP contribution < -0.4 is 5.32 Å². The standard InChI is InChI=1S/C13H17F2NO2S/c1-2-16-9-3-4-10(7-9)19(17,18)11-5-6-12(14)13(15)8-11/h5-6,8-10,16H,2-4,7H2,1H3. The van der Waals surface area contributed by atoms with Crippen molar-refractivity contribution in [3.63, 3.8) is 0 Å². The van der Waals surface area contributed by atoms with Gasteiger partial charge in [0.25, 0.3) is 0 Å². The van der Waals surface area contributed by atoms with E-state index in [0.717, 1.165) is 31.2 Å². The first-order valence-electron chi connectivity index (χ1n) is 6.37. The van der Waals surface area contributed by atoms with E-state index in [4.69, 9.17) is 0 Å². The third-order valence-electron chi connectivity index (χ3n) is 3.54. The lowest BCUT2D eigenvalue weighted by Crippen LogP contribution is -2.28. The van der Waals surface area contributed by atoms with Crippen LogP contribution in [0.5, 0.6) is 0 Å². The molecular formula is C13H17F2NO2S. The van der Waals surface area contributed by atoms with Crippen molar-refractivity contribution >= 4 is 9.84 Å². The normalized spacial score (nSPS) is 23.7. The number of hydrogen-bond donors (Lipinski definition) is 1. The Morgan fingerprint density at radius 2 is 2.00 bits per heavy atom. The van der Waals surface area contributed by atoms with Crippen LogP contribution in [0, 0.1) is 11.6 Å². The minimum atomic E-state index is -3.58. The Hall–Kier alpha value is -1.01. The molecule has 0 heterocycles. The van der Waals surface area contributed by atoms with Crippen molar-refractivity contribution in [2.24, 2.45) is 0 Å². The summed E-state index contributed by atoms with van der Waals surface area (Å²) in [7, 11) is -3.58. The Kier molecular flexibility index (Phi) is 4.20. The van der Waals surface area contributed by atoms with Gasteiger partial charge in [-0.1, -0.05) is 6.92 Å². The second-order valence-electron chi connectivity index (χ2n) is 4.81. The monoisotopic (exact) mass is 289 g/mol. The lowest BCUT2D eigenvalue weighted by atomic mass is 10.2. The van der Waals surface area contributed by atoms with Crippen LogP contribution in [0.15, 0.2) is 23.1 Å². The predicted octanol–water partition coefficient (Wildman–Crippen LogP) is 2.27. The highest BCUT2D eigenvalue weighted by Crippen LogP contribution is 2.30. The third-order valence-corrected chi connectivity index (χ3v) is 5.75. The van der Waals surface area contributed by atoms with Gasteiger partial charge in [0, 0.05) is 6.04 Å². The molecule has 0 spiro atoms. The largest absolute Gasteiger partial charge is 0.314 e. The summed E-state index contributed by atoms with van der Waals surface area (Å²) in [4.78, 5) is -0.131. The SMILES string of the molecule is CCNC1CCC(S(=O)(=O)c2ccc(F)c(F)c2)C1. The highest BCUT2D eigenvalue weighted by molar-refractivity contribution is 7.92. The van der Waals surface area contributed by atoms with E-state index in [1.54, 1.807) is 0 Å². The summed E-state index contributed by atoms with van der Waals surface area (Å²) in [5.74, 6) is -2.15. The molecule has 1 aliphatic carbocycles. The van der Waals surface area contributed by atoms with Crippen molar-refractivity contribution in [1.82, 2.24) is 5.32 Å². The van der Waals surface area contributed by atoms with Gasteiger partial charge in [-0.15, -0.1) is 0 Å². The zero-order chi connectivity index (χ0) is 14.0. The minimum absolute atomic E-state index is 0.131. The molecule has 0 amide bonds. The lowest BCUT2D eigenvalue weighted by molar-refractivity contribution is 0.503. The van der Waals surface area contributed by atoms with E-state index in [9.17, 15) is 17.2 Å². The van der Waals surface area contributed by atoms with E-state index in [-0.39, 0.29) is 10.9 Å². The van der Waals surface area contributed by atoms with Gasteiger partial charge in [-0.25, -0.2) is 17.2 Å². The topological polar surface area (TPSA) is 46.2 Å². The molecule has 1 aliphatic rings. The molecule has 1 fully saturated rings. The Bertz CT molecular complexity index is 560. The summed E-state index contributed by atoms with van der Waals surface area (Å²) in [6.07, 6.45) is 1.87. The molecule has 0 aromatic heterocycles. The maximum absolute atomic E-state index is 13.1. The Morgan fingerprint density at radius 1 is 1.26 bits per heavy atom. The fourth-order valence-electron chi connectivity index (χ4n) is 2.54. The molecule has 106 valence electrons. The van der Waals surface area contributed by atoms with E-state index in [1.807, 2.05) is 6.92 Å². The molecule has 3 nitrogen and oxygen atoms in total. The molecule has 1 aromatic carbocycles. The van der Waals surface area contributed by atoms with E-state index in [0.29, 0.717) is 12.8 Å². The molecule has 19 heavy (non-hydrogen) atoms. The molecule has 1 N–H and O–H groups in total. The second kappa shape index (κ2) is 5.54. The van der Waals surface area contributed by atoms with E-state index < -0.39 is 26.7 Å². The van der Waals surface area contributed by atoms with Crippen molar-refractivity contribution in [1.29, 1.82) is 0 Å². The van der Waals surface area contributed by atoms with Gasteiger partial charge in [-0.3, -0.25) is 0 Å². The third kappa shape index (κ3) is 2.95. The van der Waals surface area contributed by atoms with Crippen LogP contribution in [0.3, 0.4) is 0 Å². The van der Waals surface area contributed by atoms with Crippen molar-refractivity contribution < 1.29 is 17.2 Å². The van der Waals surface area contributed by atoms with E-state index in [2.05, 4.69) is 5.32 Å². The Balaban J connectivity index is 2.21. The van der Waals surface area contributed by atoms with Gasteiger partial charge in [-0.2, -0.15) is 0 Å². The first-order chi connectivity index (χ1) is 8.95. The number of halogens is 2. The van der Waals surface area contributed by atoms with Gasteiger partial charge in [0.1, 0.15) is 0 Å². The summed E-state index contributed by atoms with van der Waals surface area (Å²) in [6.45, 7) is 2.76. The van der Waals surface area contributed by atoms with Crippen LogP contribution in [-0.4, -0.2) is 26.3 Å². The summed E-state index contributed by atoms with van der Waals surface area (Å²) in [6, 6.07) is 2.95. The maximum Gasteiger partial charge on any atom is 0.181 e. The second-order valence-corrected chi connectivity index (χ2v) is 7.04. The number of sulfone groups is 1. The smallest absolute Gasteiger partial charge is 0.181 e. The molecule has 0 bridgehead atoms. The van der Waals surface area contributed by atoms with Crippen LogP contribution in [-0.2, 0) is 9.84 Å². The van der Waals surface area contributed by atoms with E-state index in [1.165, 1.54) is 0 Å². The lowest BCUT2D eigenvalue weighted by Gasteiger charge is -2.13. The molecule has 0 radical (unpaired) electrons. The summed E-state index contributed by atoms with van der Waals surface area (Å²) in [5.41, 5.74) is 0. The average Bonchev–Trinajstić information content (AvgIpc) is 2.82. The summed E-state index contributed by atoms with van der Waals surface area (Å²) in [5, 5.41) is 2.71.